The minimum Gasteiger partial charge on any atom is -0.508 e. The number of benzene rings is 4. The molecule has 0 bridgehead atoms. The van der Waals surface area contributed by atoms with Crippen molar-refractivity contribution in [3.8, 4) is 28.7 Å². The van der Waals surface area contributed by atoms with Gasteiger partial charge in [0.25, 0.3) is 0 Å². The second-order valence-electron chi connectivity index (χ2n) is 8.71. The summed E-state index contributed by atoms with van der Waals surface area (Å²) < 4.78 is 6.02. The van der Waals surface area contributed by atoms with Gasteiger partial charge in [0.1, 0.15) is 17.2 Å². The zero-order chi connectivity index (χ0) is 24.6. The first-order valence-electron chi connectivity index (χ1n) is 11.1. The average molecular weight is 456 g/mol. The number of nitrogens with zero attached hydrogens (tertiary/aromatic N) is 1. The lowest BCUT2D eigenvalue weighted by molar-refractivity contribution is 0.408. The van der Waals surface area contributed by atoms with Gasteiger partial charge in [-0.1, -0.05) is 30.3 Å². The first-order valence-corrected chi connectivity index (χ1v) is 11.1. The van der Waals surface area contributed by atoms with E-state index in [1.807, 2.05) is 88.0 Å². The molecule has 4 aromatic carbocycles. The highest BCUT2D eigenvalue weighted by Gasteiger charge is 2.20. The monoisotopic (exact) mass is 455 g/mol. The van der Waals surface area contributed by atoms with Crippen LogP contribution < -0.4 is 9.64 Å². The highest BCUT2D eigenvalue weighted by Crippen LogP contribution is 2.43. The van der Waals surface area contributed by atoms with Crippen molar-refractivity contribution in [1.29, 1.82) is 0 Å². The molecule has 0 saturated carbocycles. The van der Waals surface area contributed by atoms with Gasteiger partial charge in [0, 0.05) is 23.9 Å². The van der Waals surface area contributed by atoms with E-state index < -0.39 is 0 Å². The molecule has 0 unspecified atom stereocenters. The first-order chi connectivity index (χ1) is 16.2. The van der Waals surface area contributed by atoms with Crippen LogP contribution >= 0.6 is 0 Å². The van der Waals surface area contributed by atoms with Crippen LogP contribution in [-0.4, -0.2) is 15.3 Å². The zero-order valence-electron chi connectivity index (χ0n) is 20.0. The van der Waals surface area contributed by atoms with Crippen molar-refractivity contribution in [3.05, 3.63) is 94.5 Å². The summed E-state index contributed by atoms with van der Waals surface area (Å²) >= 11 is 0. The molecule has 3 N–H and O–H groups in total. The van der Waals surface area contributed by atoms with E-state index in [9.17, 15) is 15.3 Å². The molecule has 5 nitrogen and oxygen atoms in total. The van der Waals surface area contributed by atoms with E-state index in [2.05, 4.69) is 0 Å². The number of hydrogen-bond donors (Lipinski definition) is 3. The molecular formula is C29H29NO4. The molecule has 0 heterocycles. The van der Waals surface area contributed by atoms with E-state index in [0.29, 0.717) is 11.5 Å². The predicted molar refractivity (Wildman–Crippen MR) is 136 cm³/mol. The molecule has 174 valence electrons. The van der Waals surface area contributed by atoms with Crippen LogP contribution in [0.4, 0.5) is 17.1 Å². The van der Waals surface area contributed by atoms with Gasteiger partial charge < -0.3 is 25.0 Å². The quantitative estimate of drug-likeness (QED) is 0.289. The van der Waals surface area contributed by atoms with Gasteiger partial charge in [-0.2, -0.15) is 0 Å². The molecule has 5 heteroatoms. The molecule has 4 aromatic rings. The third-order valence-corrected chi connectivity index (χ3v) is 6.02. The molecule has 0 aliphatic carbocycles. The van der Waals surface area contributed by atoms with Crippen LogP contribution in [0.5, 0.6) is 28.7 Å². The summed E-state index contributed by atoms with van der Waals surface area (Å²) in [5, 5.41) is 31.4. The molecule has 0 spiro atoms. The topological polar surface area (TPSA) is 73.2 Å². The van der Waals surface area contributed by atoms with E-state index in [1.54, 1.807) is 18.2 Å². The molecule has 0 radical (unpaired) electrons. The normalized spacial score (nSPS) is 10.9. The summed E-state index contributed by atoms with van der Waals surface area (Å²) in [7, 11) is 0. The minimum atomic E-state index is 0.100. The van der Waals surface area contributed by atoms with Crippen LogP contribution in [0.2, 0.25) is 0 Å². The average Bonchev–Trinajstić information content (AvgIpc) is 2.79. The maximum Gasteiger partial charge on any atom is 0.169 e. The molecule has 0 amide bonds. The molecule has 0 fully saturated rings. The Morgan fingerprint density at radius 2 is 1.15 bits per heavy atom. The summed E-state index contributed by atoms with van der Waals surface area (Å²) in [5.74, 6) is 1.40. The summed E-state index contributed by atoms with van der Waals surface area (Å²) in [6.07, 6.45) is 0. The van der Waals surface area contributed by atoms with E-state index >= 15 is 0 Å². The van der Waals surface area contributed by atoms with Gasteiger partial charge >= 0.3 is 0 Å². The highest BCUT2D eigenvalue weighted by molar-refractivity contribution is 5.82. The first kappa shape index (κ1) is 23.1. The molecule has 0 saturated heterocycles. The Bertz CT molecular complexity index is 1320. The minimum absolute atomic E-state index is 0.100. The fourth-order valence-corrected chi connectivity index (χ4v) is 4.08. The van der Waals surface area contributed by atoms with Gasteiger partial charge in [-0.3, -0.25) is 0 Å². The lowest BCUT2D eigenvalue weighted by Gasteiger charge is -2.29. The fraction of sp³-hybridized carbons (Fsp3) is 0.172. The van der Waals surface area contributed by atoms with Crippen LogP contribution in [0.15, 0.2) is 66.7 Å². The molecule has 34 heavy (non-hydrogen) atoms. The second-order valence-corrected chi connectivity index (χ2v) is 8.71. The Morgan fingerprint density at radius 3 is 1.74 bits per heavy atom. The number of para-hydroxylation sites is 1. The standard InChI is InChI=1S/C29H29NO4/c1-17-8-6-11-28(29(17)33)34-23-10-7-9-22(14-23)30(24-15-26(31)20(4)12-18(24)2)25-16-27(32)21(5)13-19(25)3/h6-16,31-33H,1-5H3. The van der Waals surface area contributed by atoms with Crippen molar-refractivity contribution in [2.45, 2.75) is 34.6 Å². The van der Waals surface area contributed by atoms with E-state index in [1.165, 1.54) is 0 Å². The summed E-state index contributed by atoms with van der Waals surface area (Å²) in [5.41, 5.74) is 6.59. The van der Waals surface area contributed by atoms with Crippen molar-refractivity contribution in [3.63, 3.8) is 0 Å². The highest BCUT2D eigenvalue weighted by atomic mass is 16.5. The third kappa shape index (κ3) is 4.37. The number of anilines is 3. The second kappa shape index (κ2) is 9.02. The lowest BCUT2D eigenvalue weighted by atomic mass is 10.0. The van der Waals surface area contributed by atoms with Gasteiger partial charge in [0.2, 0.25) is 0 Å². The van der Waals surface area contributed by atoms with Crippen molar-refractivity contribution in [2.24, 2.45) is 0 Å². The Labute approximate surface area is 200 Å². The fourth-order valence-electron chi connectivity index (χ4n) is 4.08. The van der Waals surface area contributed by atoms with E-state index in [0.717, 1.165) is 44.9 Å². The van der Waals surface area contributed by atoms with Crippen LogP contribution in [0.1, 0.15) is 27.8 Å². The van der Waals surface area contributed by atoms with Gasteiger partial charge in [-0.15, -0.1) is 0 Å². The summed E-state index contributed by atoms with van der Waals surface area (Å²) in [6.45, 7) is 9.52. The molecular weight excluding hydrogens is 426 g/mol. The number of phenolic OH excluding ortho intramolecular Hbond substituents is 3. The molecule has 4 rings (SSSR count). The van der Waals surface area contributed by atoms with Gasteiger partial charge in [0.15, 0.2) is 11.5 Å². The van der Waals surface area contributed by atoms with Crippen LogP contribution in [0.25, 0.3) is 0 Å². The largest absolute Gasteiger partial charge is 0.508 e. The van der Waals surface area contributed by atoms with Gasteiger partial charge in [0.05, 0.1) is 11.4 Å². The van der Waals surface area contributed by atoms with Crippen LogP contribution in [0.3, 0.4) is 0 Å². The van der Waals surface area contributed by atoms with Crippen molar-refractivity contribution in [2.75, 3.05) is 4.90 Å². The molecule has 0 aliphatic heterocycles. The Morgan fingerprint density at radius 1 is 0.588 bits per heavy atom. The smallest absolute Gasteiger partial charge is 0.169 e. The van der Waals surface area contributed by atoms with Crippen LogP contribution in [0, 0.1) is 34.6 Å². The number of phenols is 3. The van der Waals surface area contributed by atoms with Gasteiger partial charge in [-0.25, -0.2) is 0 Å². The van der Waals surface area contributed by atoms with Crippen molar-refractivity contribution < 1.29 is 20.1 Å². The lowest BCUT2D eigenvalue weighted by Crippen LogP contribution is -2.13. The Kier molecular flexibility index (Phi) is 6.12. The zero-order valence-corrected chi connectivity index (χ0v) is 20.0. The van der Waals surface area contributed by atoms with E-state index in [-0.39, 0.29) is 17.2 Å². The van der Waals surface area contributed by atoms with Crippen molar-refractivity contribution >= 4 is 17.1 Å². The Hall–Kier alpha value is -4.12. The molecule has 0 aromatic heterocycles. The number of ether oxygens (including phenoxy) is 1. The van der Waals surface area contributed by atoms with Crippen molar-refractivity contribution in [1.82, 2.24) is 0 Å². The number of hydrogen-bond acceptors (Lipinski definition) is 5. The number of aryl methyl sites for hydroxylation is 5. The third-order valence-electron chi connectivity index (χ3n) is 6.02. The number of rotatable bonds is 5. The van der Waals surface area contributed by atoms with E-state index in [4.69, 9.17) is 4.74 Å². The SMILES string of the molecule is Cc1cc(C)c(N(c2cccc(Oc3cccc(C)c3O)c2)c2cc(O)c(C)cc2C)cc1O. The summed E-state index contributed by atoms with van der Waals surface area (Å²) in [6, 6.07) is 20.2. The predicted octanol–water partition coefficient (Wildman–Crippen LogP) is 7.61. The maximum atomic E-state index is 10.5. The number of aromatic hydroxyl groups is 3. The molecule has 0 atom stereocenters. The Balaban J connectivity index is 1.88. The van der Waals surface area contributed by atoms with Crippen LogP contribution in [-0.2, 0) is 0 Å². The molecule has 0 aliphatic rings. The summed E-state index contributed by atoms with van der Waals surface area (Å²) in [4.78, 5) is 1.99. The van der Waals surface area contributed by atoms with Gasteiger partial charge in [-0.05, 0) is 80.6 Å². The maximum absolute atomic E-state index is 10.5.